The van der Waals surface area contributed by atoms with Gasteiger partial charge >= 0.3 is 0 Å². The monoisotopic (exact) mass is 378 g/mol. The highest BCUT2D eigenvalue weighted by Gasteiger charge is 2.30. The van der Waals surface area contributed by atoms with Crippen molar-refractivity contribution in [1.82, 2.24) is 15.0 Å². The van der Waals surface area contributed by atoms with Crippen molar-refractivity contribution in [2.45, 2.75) is 26.7 Å². The first-order chi connectivity index (χ1) is 13.4. The summed E-state index contributed by atoms with van der Waals surface area (Å²) in [6.45, 7) is 4.73. The molecule has 3 aromatic rings. The van der Waals surface area contributed by atoms with Gasteiger partial charge in [-0.2, -0.15) is 0 Å². The number of aromatic nitrogens is 2. The number of fused-ring (bicyclic) bond motifs is 1. The van der Waals surface area contributed by atoms with Crippen LogP contribution in [0.15, 0.2) is 34.9 Å². The van der Waals surface area contributed by atoms with E-state index < -0.39 is 0 Å². The summed E-state index contributed by atoms with van der Waals surface area (Å²) in [4.78, 5) is 31.2. The molecule has 1 aliphatic heterocycles. The van der Waals surface area contributed by atoms with Crippen molar-refractivity contribution in [3.63, 3.8) is 0 Å². The van der Waals surface area contributed by atoms with Crippen molar-refractivity contribution in [1.29, 1.82) is 0 Å². The maximum absolute atomic E-state index is 13.3. The molecule has 1 atom stereocenters. The SMILES string of the molecule is Cc1ccc(-c2cc(C(=O)N3CCCC(C(N)=O)C3)c3c(C)noc3n2)cc1. The quantitative estimate of drug-likeness (QED) is 0.755. The van der Waals surface area contributed by atoms with Crippen LogP contribution in [0, 0.1) is 19.8 Å². The third kappa shape index (κ3) is 3.24. The highest BCUT2D eigenvalue weighted by molar-refractivity contribution is 6.07. The molecule has 144 valence electrons. The second-order valence-corrected chi connectivity index (χ2v) is 7.36. The number of carbonyl (C=O) groups excluding carboxylic acids is 2. The number of nitrogens with zero attached hydrogens (tertiary/aromatic N) is 3. The summed E-state index contributed by atoms with van der Waals surface area (Å²) < 4.78 is 5.37. The molecular weight excluding hydrogens is 356 g/mol. The van der Waals surface area contributed by atoms with Gasteiger partial charge in [0.05, 0.1) is 28.3 Å². The summed E-state index contributed by atoms with van der Waals surface area (Å²) in [7, 11) is 0. The van der Waals surface area contributed by atoms with E-state index in [1.807, 2.05) is 31.2 Å². The average Bonchev–Trinajstić information content (AvgIpc) is 3.08. The number of pyridine rings is 1. The smallest absolute Gasteiger partial charge is 0.259 e. The Morgan fingerprint density at radius 2 is 1.96 bits per heavy atom. The molecule has 1 fully saturated rings. The Morgan fingerprint density at radius 3 is 2.68 bits per heavy atom. The van der Waals surface area contributed by atoms with Crippen LogP contribution in [0.4, 0.5) is 0 Å². The van der Waals surface area contributed by atoms with Gasteiger partial charge in [-0.25, -0.2) is 4.98 Å². The Kier molecular flexibility index (Phi) is 4.58. The zero-order valence-electron chi connectivity index (χ0n) is 15.9. The van der Waals surface area contributed by atoms with Crippen LogP contribution in [0.1, 0.15) is 34.5 Å². The van der Waals surface area contributed by atoms with Crippen molar-refractivity contribution >= 4 is 22.9 Å². The molecule has 0 aliphatic carbocycles. The lowest BCUT2D eigenvalue weighted by Crippen LogP contribution is -2.44. The van der Waals surface area contributed by atoms with Crippen LogP contribution < -0.4 is 5.73 Å². The molecule has 4 rings (SSSR count). The van der Waals surface area contributed by atoms with Gasteiger partial charge in [0.15, 0.2) is 0 Å². The minimum atomic E-state index is -0.362. The number of hydrogen-bond donors (Lipinski definition) is 1. The molecule has 0 spiro atoms. The van der Waals surface area contributed by atoms with Gasteiger partial charge in [0, 0.05) is 18.7 Å². The normalized spacial score (nSPS) is 17.1. The van der Waals surface area contributed by atoms with Gasteiger partial charge in [-0.15, -0.1) is 0 Å². The van der Waals surface area contributed by atoms with Crippen molar-refractivity contribution in [3.05, 3.63) is 47.2 Å². The van der Waals surface area contributed by atoms with E-state index in [4.69, 9.17) is 10.3 Å². The van der Waals surface area contributed by atoms with E-state index in [-0.39, 0.29) is 17.7 Å². The van der Waals surface area contributed by atoms with E-state index in [1.165, 1.54) is 0 Å². The number of primary amides is 1. The predicted octanol–water partition coefficient (Wildman–Crippen LogP) is 2.84. The van der Waals surface area contributed by atoms with Gasteiger partial charge in [0.2, 0.25) is 5.91 Å². The number of carbonyl (C=O) groups is 2. The van der Waals surface area contributed by atoms with E-state index in [0.717, 1.165) is 17.5 Å². The number of benzene rings is 1. The molecule has 3 heterocycles. The minimum absolute atomic E-state index is 0.155. The number of aryl methyl sites for hydroxylation is 2. The first kappa shape index (κ1) is 18.2. The number of likely N-dealkylation sites (tertiary alicyclic amines) is 1. The minimum Gasteiger partial charge on any atom is -0.369 e. The molecule has 7 heteroatoms. The van der Waals surface area contributed by atoms with Crippen LogP contribution in [0.2, 0.25) is 0 Å². The number of piperidine rings is 1. The van der Waals surface area contributed by atoms with Gasteiger partial charge in [-0.3, -0.25) is 9.59 Å². The number of hydrogen-bond acceptors (Lipinski definition) is 5. The van der Waals surface area contributed by atoms with E-state index in [0.29, 0.717) is 47.6 Å². The standard InChI is InChI=1S/C21H22N4O3/c1-12-5-7-14(8-6-12)17-10-16(18-13(2)24-28-20(18)23-17)21(27)25-9-3-4-15(11-25)19(22)26/h5-8,10,15H,3-4,9,11H2,1-2H3,(H2,22,26). The van der Waals surface area contributed by atoms with Gasteiger partial charge in [-0.05, 0) is 32.8 Å². The molecule has 28 heavy (non-hydrogen) atoms. The summed E-state index contributed by atoms with van der Waals surface area (Å²) in [6.07, 6.45) is 1.47. The average molecular weight is 378 g/mol. The third-order valence-corrected chi connectivity index (χ3v) is 5.31. The van der Waals surface area contributed by atoms with Crippen LogP contribution in [-0.2, 0) is 4.79 Å². The largest absolute Gasteiger partial charge is 0.369 e. The Hall–Kier alpha value is -3.22. The van der Waals surface area contributed by atoms with Crippen molar-refractivity contribution in [2.24, 2.45) is 11.7 Å². The summed E-state index contributed by atoms with van der Waals surface area (Å²) in [5, 5.41) is 4.61. The van der Waals surface area contributed by atoms with Crippen LogP contribution in [0.5, 0.6) is 0 Å². The van der Waals surface area contributed by atoms with Crippen molar-refractivity contribution in [3.8, 4) is 11.3 Å². The molecule has 1 aliphatic rings. The summed E-state index contributed by atoms with van der Waals surface area (Å²) >= 11 is 0. The molecular formula is C21H22N4O3. The first-order valence-electron chi connectivity index (χ1n) is 9.36. The molecule has 0 radical (unpaired) electrons. The summed E-state index contributed by atoms with van der Waals surface area (Å²) in [5.41, 5.74) is 9.59. The second-order valence-electron chi connectivity index (χ2n) is 7.36. The van der Waals surface area contributed by atoms with Crippen LogP contribution >= 0.6 is 0 Å². The van der Waals surface area contributed by atoms with Gasteiger partial charge in [0.25, 0.3) is 11.6 Å². The van der Waals surface area contributed by atoms with E-state index in [1.54, 1.807) is 17.9 Å². The second kappa shape index (κ2) is 7.07. The third-order valence-electron chi connectivity index (χ3n) is 5.31. The zero-order valence-corrected chi connectivity index (χ0v) is 15.9. The Morgan fingerprint density at radius 1 is 1.21 bits per heavy atom. The van der Waals surface area contributed by atoms with Gasteiger partial charge in [0.1, 0.15) is 0 Å². The van der Waals surface area contributed by atoms with E-state index in [2.05, 4.69) is 10.1 Å². The molecule has 0 saturated carbocycles. The Labute approximate surface area is 162 Å². The van der Waals surface area contributed by atoms with Crippen LogP contribution in [0.3, 0.4) is 0 Å². The lowest BCUT2D eigenvalue weighted by molar-refractivity contribution is -0.123. The lowest BCUT2D eigenvalue weighted by atomic mass is 9.96. The highest BCUT2D eigenvalue weighted by Crippen LogP contribution is 2.29. The first-order valence-corrected chi connectivity index (χ1v) is 9.36. The zero-order chi connectivity index (χ0) is 19.8. The van der Waals surface area contributed by atoms with Crippen molar-refractivity contribution in [2.75, 3.05) is 13.1 Å². The van der Waals surface area contributed by atoms with Crippen LogP contribution in [0.25, 0.3) is 22.4 Å². The molecule has 2 aromatic heterocycles. The van der Waals surface area contributed by atoms with Crippen molar-refractivity contribution < 1.29 is 14.1 Å². The van der Waals surface area contributed by atoms with Gasteiger partial charge in [-0.1, -0.05) is 35.0 Å². The highest BCUT2D eigenvalue weighted by atomic mass is 16.5. The number of nitrogens with two attached hydrogens (primary N) is 1. The molecule has 7 nitrogen and oxygen atoms in total. The fourth-order valence-corrected chi connectivity index (χ4v) is 3.70. The van der Waals surface area contributed by atoms with E-state index in [9.17, 15) is 9.59 Å². The van der Waals surface area contributed by atoms with E-state index >= 15 is 0 Å². The summed E-state index contributed by atoms with van der Waals surface area (Å²) in [6, 6.07) is 9.70. The maximum atomic E-state index is 13.3. The fourth-order valence-electron chi connectivity index (χ4n) is 3.70. The molecule has 2 amide bonds. The molecule has 1 aromatic carbocycles. The topological polar surface area (TPSA) is 102 Å². The van der Waals surface area contributed by atoms with Crippen LogP contribution in [-0.4, -0.2) is 39.9 Å². The molecule has 1 unspecified atom stereocenters. The summed E-state index contributed by atoms with van der Waals surface area (Å²) in [5.74, 6) is -0.827. The molecule has 2 N–H and O–H groups in total. The Balaban J connectivity index is 1.78. The lowest BCUT2D eigenvalue weighted by Gasteiger charge is -2.31. The molecule has 1 saturated heterocycles. The number of amides is 2. The fraction of sp³-hybridized carbons (Fsp3) is 0.333. The predicted molar refractivity (Wildman–Crippen MR) is 105 cm³/mol. The molecule has 0 bridgehead atoms. The van der Waals surface area contributed by atoms with Gasteiger partial charge < -0.3 is 15.2 Å². The maximum Gasteiger partial charge on any atom is 0.259 e. The Bertz CT molecular complexity index is 1060. The number of rotatable bonds is 3.